The average molecular weight is 265 g/mol. The Balaban J connectivity index is 2.49. The first-order valence-corrected chi connectivity index (χ1v) is 6.88. The van der Waals surface area contributed by atoms with Gasteiger partial charge >= 0.3 is 0 Å². The molecule has 0 amide bonds. The number of thiazole rings is 1. The van der Waals surface area contributed by atoms with Crippen LogP contribution in [0, 0.1) is 13.8 Å². The van der Waals surface area contributed by atoms with Crippen LogP contribution < -0.4 is 4.74 Å². The molecule has 0 fully saturated rings. The van der Waals surface area contributed by atoms with E-state index in [2.05, 4.69) is 42.9 Å². The zero-order chi connectivity index (χ0) is 12.4. The molecule has 17 heavy (non-hydrogen) atoms. The minimum atomic E-state index is 0.693. The van der Waals surface area contributed by atoms with Crippen molar-refractivity contribution in [2.45, 2.75) is 19.6 Å². The highest BCUT2D eigenvalue weighted by Gasteiger charge is 2.10. The van der Waals surface area contributed by atoms with E-state index in [1.807, 2.05) is 6.07 Å². The zero-order valence-corrected chi connectivity index (χ0v) is 11.9. The third kappa shape index (κ3) is 2.33. The number of benzene rings is 1. The lowest BCUT2D eigenvalue weighted by Gasteiger charge is -2.10. The third-order valence-electron chi connectivity index (χ3n) is 2.92. The Morgan fingerprint density at radius 1 is 1.29 bits per heavy atom. The highest BCUT2D eigenvalue weighted by atomic mass is 32.1. The van der Waals surface area contributed by atoms with Gasteiger partial charge in [-0.05, 0) is 37.1 Å². The van der Waals surface area contributed by atoms with Gasteiger partial charge in [-0.25, -0.2) is 4.98 Å². The molecule has 2 nitrogen and oxygen atoms in total. The first-order valence-electron chi connectivity index (χ1n) is 5.37. The van der Waals surface area contributed by atoms with Crippen LogP contribution in [-0.2, 0) is 5.75 Å². The summed E-state index contributed by atoms with van der Waals surface area (Å²) >= 11 is 5.89. The largest absolute Gasteiger partial charge is 0.496 e. The molecule has 0 aliphatic heterocycles. The van der Waals surface area contributed by atoms with Crippen LogP contribution in [0.5, 0.6) is 5.75 Å². The number of nitrogens with zero attached hydrogens (tertiary/aromatic N) is 1. The van der Waals surface area contributed by atoms with Crippen LogP contribution in [0.1, 0.15) is 16.1 Å². The van der Waals surface area contributed by atoms with Crippen molar-refractivity contribution >= 4 is 24.0 Å². The lowest BCUT2D eigenvalue weighted by molar-refractivity contribution is 0.411. The summed E-state index contributed by atoms with van der Waals surface area (Å²) < 4.78 is 5.31. The molecule has 0 aliphatic rings. The van der Waals surface area contributed by atoms with Crippen molar-refractivity contribution < 1.29 is 4.74 Å². The number of methoxy groups -OCH3 is 1. The molecule has 0 bridgehead atoms. The summed E-state index contributed by atoms with van der Waals surface area (Å²) in [4.78, 5) is 4.56. The van der Waals surface area contributed by atoms with Gasteiger partial charge in [-0.15, -0.1) is 11.3 Å². The summed E-state index contributed by atoms with van der Waals surface area (Å²) in [7, 11) is 1.70. The maximum absolute atomic E-state index is 5.31. The molecule has 0 spiro atoms. The summed E-state index contributed by atoms with van der Waals surface area (Å²) in [5, 5.41) is 3.14. The second-order valence-electron chi connectivity index (χ2n) is 3.85. The molecule has 1 heterocycles. The zero-order valence-electron chi connectivity index (χ0n) is 10.2. The fourth-order valence-corrected chi connectivity index (χ4v) is 2.75. The van der Waals surface area contributed by atoms with Crippen molar-refractivity contribution in [1.82, 2.24) is 4.98 Å². The van der Waals surface area contributed by atoms with Crippen molar-refractivity contribution in [3.8, 4) is 17.0 Å². The molecular formula is C13H15NOS2. The van der Waals surface area contributed by atoms with Crippen LogP contribution in [0.4, 0.5) is 0 Å². The molecule has 1 aromatic heterocycles. The van der Waals surface area contributed by atoms with Crippen LogP contribution in [0.2, 0.25) is 0 Å². The maximum Gasteiger partial charge on any atom is 0.122 e. The van der Waals surface area contributed by atoms with Gasteiger partial charge in [0.2, 0.25) is 0 Å². The summed E-state index contributed by atoms with van der Waals surface area (Å²) in [5.41, 5.74) is 4.60. The molecule has 0 saturated carbocycles. The molecule has 0 radical (unpaired) electrons. The van der Waals surface area contributed by atoms with Crippen molar-refractivity contribution in [3.05, 3.63) is 33.6 Å². The van der Waals surface area contributed by atoms with Crippen LogP contribution in [0.25, 0.3) is 11.3 Å². The van der Waals surface area contributed by atoms with E-state index < -0.39 is 0 Å². The van der Waals surface area contributed by atoms with Crippen LogP contribution >= 0.6 is 24.0 Å². The summed E-state index contributed by atoms with van der Waals surface area (Å²) in [5.74, 6) is 1.62. The second kappa shape index (κ2) is 5.10. The highest BCUT2D eigenvalue weighted by molar-refractivity contribution is 7.79. The summed E-state index contributed by atoms with van der Waals surface area (Å²) in [6, 6.07) is 4.07. The Morgan fingerprint density at radius 2 is 2.06 bits per heavy atom. The molecule has 4 heteroatoms. The molecule has 2 rings (SSSR count). The molecular weight excluding hydrogens is 250 g/mol. The number of rotatable bonds is 3. The number of hydrogen-bond acceptors (Lipinski definition) is 4. The lowest BCUT2D eigenvalue weighted by atomic mass is 10.0. The first-order chi connectivity index (χ1) is 8.17. The number of aromatic nitrogens is 1. The normalized spacial score (nSPS) is 10.6. The molecule has 0 saturated heterocycles. The first kappa shape index (κ1) is 12.5. The Hall–Kier alpha value is -1.00. The fourth-order valence-electron chi connectivity index (χ4n) is 1.80. The average Bonchev–Trinajstić information content (AvgIpc) is 2.81. The minimum Gasteiger partial charge on any atom is -0.496 e. The standard InChI is InChI=1S/C13H15NOS2/c1-8-9(2)12(15-3)5-4-10(8)11-7-17-13(6-16)14-11/h4-5,7,16H,6H2,1-3H3. The van der Waals surface area contributed by atoms with E-state index in [-0.39, 0.29) is 0 Å². The lowest BCUT2D eigenvalue weighted by Crippen LogP contribution is -1.93. The Kier molecular flexibility index (Phi) is 3.74. The smallest absolute Gasteiger partial charge is 0.122 e. The van der Waals surface area contributed by atoms with E-state index in [4.69, 9.17) is 4.74 Å². The van der Waals surface area contributed by atoms with E-state index in [0.29, 0.717) is 5.75 Å². The maximum atomic E-state index is 5.31. The van der Waals surface area contributed by atoms with E-state index in [0.717, 1.165) is 16.5 Å². The summed E-state index contributed by atoms with van der Waals surface area (Å²) in [6.07, 6.45) is 0. The predicted molar refractivity (Wildman–Crippen MR) is 76.3 cm³/mol. The third-order valence-corrected chi connectivity index (χ3v) is 4.28. The molecule has 1 aromatic carbocycles. The molecule has 2 aromatic rings. The van der Waals surface area contributed by atoms with Gasteiger partial charge in [0.05, 0.1) is 12.8 Å². The number of hydrogen-bond donors (Lipinski definition) is 1. The molecule has 0 atom stereocenters. The van der Waals surface area contributed by atoms with Crippen LogP contribution in [0.15, 0.2) is 17.5 Å². The molecule has 0 N–H and O–H groups in total. The van der Waals surface area contributed by atoms with Gasteiger partial charge in [0, 0.05) is 16.7 Å². The quantitative estimate of drug-likeness (QED) is 0.851. The minimum absolute atomic E-state index is 0.693. The monoisotopic (exact) mass is 265 g/mol. The number of thiol groups is 1. The fraction of sp³-hybridized carbons (Fsp3) is 0.308. The van der Waals surface area contributed by atoms with Crippen molar-refractivity contribution in [2.75, 3.05) is 7.11 Å². The number of ether oxygens (including phenoxy) is 1. The van der Waals surface area contributed by atoms with E-state index >= 15 is 0 Å². The van der Waals surface area contributed by atoms with Gasteiger partial charge in [0.25, 0.3) is 0 Å². The van der Waals surface area contributed by atoms with E-state index in [9.17, 15) is 0 Å². The van der Waals surface area contributed by atoms with Gasteiger partial charge in [-0.2, -0.15) is 12.6 Å². The Bertz CT molecular complexity index is 534. The molecule has 0 unspecified atom stereocenters. The SMILES string of the molecule is COc1ccc(-c2csc(CS)n2)c(C)c1C. The van der Waals surface area contributed by atoms with Crippen LogP contribution in [-0.4, -0.2) is 12.1 Å². The van der Waals surface area contributed by atoms with Crippen LogP contribution in [0.3, 0.4) is 0 Å². The van der Waals surface area contributed by atoms with Gasteiger partial charge in [0.15, 0.2) is 0 Å². The Labute approximate surface area is 111 Å². The van der Waals surface area contributed by atoms with Gasteiger partial charge in [-0.3, -0.25) is 0 Å². The van der Waals surface area contributed by atoms with Gasteiger partial charge in [-0.1, -0.05) is 0 Å². The van der Waals surface area contributed by atoms with Gasteiger partial charge in [0.1, 0.15) is 10.8 Å². The predicted octanol–water partition coefficient (Wildman–Crippen LogP) is 3.87. The Morgan fingerprint density at radius 3 is 2.65 bits per heavy atom. The molecule has 0 aliphatic carbocycles. The van der Waals surface area contributed by atoms with Crippen molar-refractivity contribution in [3.63, 3.8) is 0 Å². The molecule has 90 valence electrons. The summed E-state index contributed by atoms with van der Waals surface area (Å²) in [6.45, 7) is 4.18. The van der Waals surface area contributed by atoms with Crippen molar-refractivity contribution in [1.29, 1.82) is 0 Å². The highest BCUT2D eigenvalue weighted by Crippen LogP contribution is 2.31. The van der Waals surface area contributed by atoms with Gasteiger partial charge < -0.3 is 4.74 Å². The topological polar surface area (TPSA) is 22.1 Å². The van der Waals surface area contributed by atoms with E-state index in [1.165, 1.54) is 16.7 Å². The van der Waals surface area contributed by atoms with E-state index in [1.54, 1.807) is 18.4 Å². The second-order valence-corrected chi connectivity index (χ2v) is 5.11. The van der Waals surface area contributed by atoms with Crippen molar-refractivity contribution in [2.24, 2.45) is 0 Å².